The summed E-state index contributed by atoms with van der Waals surface area (Å²) in [4.78, 5) is 0.295. The van der Waals surface area contributed by atoms with Gasteiger partial charge in [0.2, 0.25) is 0 Å². The second-order valence-electron chi connectivity index (χ2n) is 2.54. The molecular weight excluding hydrogens is 259 g/mol. The van der Waals surface area contributed by atoms with Crippen LogP contribution in [-0.2, 0) is 0 Å². The highest BCUT2D eigenvalue weighted by Crippen LogP contribution is 2.33. The zero-order valence-corrected chi connectivity index (χ0v) is 9.75. The first-order chi connectivity index (χ1) is 5.65. The van der Waals surface area contributed by atoms with E-state index in [0.29, 0.717) is 4.83 Å². The van der Waals surface area contributed by atoms with Gasteiger partial charge in [0.05, 0.1) is 0 Å². The standard InChI is InChI=1S/C9H9BrCl2/c1-2-8(10)7-5-6(11)3-4-9(7)12/h3-5,8H,2H2,1H3. The highest BCUT2D eigenvalue weighted by molar-refractivity contribution is 9.09. The average Bonchev–Trinajstić information content (AvgIpc) is 2.08. The van der Waals surface area contributed by atoms with Crippen molar-refractivity contribution in [1.82, 2.24) is 0 Å². The number of benzene rings is 1. The fourth-order valence-electron chi connectivity index (χ4n) is 0.975. The fourth-order valence-corrected chi connectivity index (χ4v) is 1.91. The molecule has 0 N–H and O–H groups in total. The quantitative estimate of drug-likeness (QED) is 0.673. The first-order valence-electron chi connectivity index (χ1n) is 3.74. The van der Waals surface area contributed by atoms with Gasteiger partial charge >= 0.3 is 0 Å². The third-order valence-corrected chi connectivity index (χ3v) is 3.37. The second kappa shape index (κ2) is 4.50. The van der Waals surface area contributed by atoms with E-state index in [1.165, 1.54) is 0 Å². The van der Waals surface area contributed by atoms with Crippen molar-refractivity contribution >= 4 is 39.1 Å². The maximum atomic E-state index is 5.98. The molecule has 0 amide bonds. The molecule has 1 aromatic rings. The van der Waals surface area contributed by atoms with Crippen molar-refractivity contribution in [1.29, 1.82) is 0 Å². The summed E-state index contributed by atoms with van der Waals surface area (Å²) in [7, 11) is 0. The fraction of sp³-hybridized carbons (Fsp3) is 0.333. The van der Waals surface area contributed by atoms with Crippen LogP contribution in [0.3, 0.4) is 0 Å². The van der Waals surface area contributed by atoms with Crippen LogP contribution >= 0.6 is 39.1 Å². The molecule has 0 heterocycles. The third kappa shape index (κ3) is 2.38. The van der Waals surface area contributed by atoms with Crippen LogP contribution in [0.5, 0.6) is 0 Å². The lowest BCUT2D eigenvalue weighted by atomic mass is 10.1. The van der Waals surface area contributed by atoms with Crippen LogP contribution in [0.25, 0.3) is 0 Å². The molecule has 0 saturated carbocycles. The predicted octanol–water partition coefficient (Wildman–Crippen LogP) is 4.84. The van der Waals surface area contributed by atoms with Gasteiger partial charge in [-0.3, -0.25) is 0 Å². The minimum atomic E-state index is 0.295. The third-order valence-electron chi connectivity index (χ3n) is 1.65. The summed E-state index contributed by atoms with van der Waals surface area (Å²) >= 11 is 15.3. The van der Waals surface area contributed by atoms with Crippen molar-refractivity contribution in [2.75, 3.05) is 0 Å². The lowest BCUT2D eigenvalue weighted by Crippen LogP contribution is -1.88. The summed E-state index contributed by atoms with van der Waals surface area (Å²) in [5, 5.41) is 1.50. The Morgan fingerprint density at radius 2 is 2.08 bits per heavy atom. The zero-order valence-electron chi connectivity index (χ0n) is 6.65. The normalized spacial score (nSPS) is 13.0. The minimum absolute atomic E-state index is 0.295. The molecule has 0 saturated heterocycles. The lowest BCUT2D eigenvalue weighted by Gasteiger charge is -2.09. The summed E-state index contributed by atoms with van der Waals surface area (Å²) in [5.74, 6) is 0. The van der Waals surface area contributed by atoms with Gasteiger partial charge in [0.25, 0.3) is 0 Å². The van der Waals surface area contributed by atoms with Crippen LogP contribution in [-0.4, -0.2) is 0 Å². The molecule has 12 heavy (non-hydrogen) atoms. The summed E-state index contributed by atoms with van der Waals surface area (Å²) < 4.78 is 0. The molecule has 0 aliphatic rings. The highest BCUT2D eigenvalue weighted by atomic mass is 79.9. The predicted molar refractivity (Wildman–Crippen MR) is 58.4 cm³/mol. The molecule has 0 aliphatic heterocycles. The van der Waals surface area contributed by atoms with E-state index in [4.69, 9.17) is 23.2 Å². The topological polar surface area (TPSA) is 0 Å². The van der Waals surface area contributed by atoms with Crippen LogP contribution in [0.15, 0.2) is 18.2 Å². The van der Waals surface area contributed by atoms with Crippen molar-refractivity contribution in [2.24, 2.45) is 0 Å². The number of hydrogen-bond acceptors (Lipinski definition) is 0. The van der Waals surface area contributed by atoms with Crippen LogP contribution < -0.4 is 0 Å². The molecule has 0 spiro atoms. The molecule has 3 heteroatoms. The maximum absolute atomic E-state index is 5.98. The second-order valence-corrected chi connectivity index (χ2v) is 4.49. The Morgan fingerprint density at radius 3 is 2.67 bits per heavy atom. The molecule has 66 valence electrons. The van der Waals surface area contributed by atoms with Crippen molar-refractivity contribution in [2.45, 2.75) is 18.2 Å². The van der Waals surface area contributed by atoms with Gasteiger partial charge in [-0.15, -0.1) is 0 Å². The van der Waals surface area contributed by atoms with E-state index >= 15 is 0 Å². The van der Waals surface area contributed by atoms with Gasteiger partial charge < -0.3 is 0 Å². The van der Waals surface area contributed by atoms with Crippen molar-refractivity contribution in [3.8, 4) is 0 Å². The minimum Gasteiger partial charge on any atom is -0.0843 e. The van der Waals surface area contributed by atoms with Gasteiger partial charge in [-0.25, -0.2) is 0 Å². The van der Waals surface area contributed by atoms with E-state index in [9.17, 15) is 0 Å². The van der Waals surface area contributed by atoms with Gasteiger partial charge in [0, 0.05) is 14.9 Å². The van der Waals surface area contributed by atoms with E-state index in [0.717, 1.165) is 22.0 Å². The maximum Gasteiger partial charge on any atom is 0.0450 e. The van der Waals surface area contributed by atoms with Crippen LogP contribution in [0, 0.1) is 0 Å². The SMILES string of the molecule is CCC(Br)c1cc(Cl)ccc1Cl. The average molecular weight is 268 g/mol. The highest BCUT2D eigenvalue weighted by Gasteiger charge is 2.09. The van der Waals surface area contributed by atoms with Gasteiger partial charge in [0.1, 0.15) is 0 Å². The summed E-state index contributed by atoms with van der Waals surface area (Å²) in [6.45, 7) is 2.09. The van der Waals surface area contributed by atoms with Crippen LogP contribution in [0.2, 0.25) is 10.0 Å². The van der Waals surface area contributed by atoms with Crippen LogP contribution in [0.1, 0.15) is 23.7 Å². The Morgan fingerprint density at radius 1 is 1.42 bits per heavy atom. The van der Waals surface area contributed by atoms with Crippen molar-refractivity contribution in [3.63, 3.8) is 0 Å². The Balaban J connectivity index is 3.04. The molecule has 0 fully saturated rings. The van der Waals surface area contributed by atoms with Crippen molar-refractivity contribution in [3.05, 3.63) is 33.8 Å². The molecule has 0 aromatic heterocycles. The number of halogens is 3. The Hall–Kier alpha value is 0.280. The van der Waals surface area contributed by atoms with Crippen LogP contribution in [0.4, 0.5) is 0 Å². The Kier molecular flexibility index (Phi) is 3.88. The zero-order chi connectivity index (χ0) is 9.14. The Bertz CT molecular complexity index is 273. The molecule has 1 unspecified atom stereocenters. The van der Waals surface area contributed by atoms with E-state index in [2.05, 4.69) is 22.9 Å². The van der Waals surface area contributed by atoms with Gasteiger partial charge in [0.15, 0.2) is 0 Å². The summed E-state index contributed by atoms with van der Waals surface area (Å²) in [6.07, 6.45) is 1.00. The summed E-state index contributed by atoms with van der Waals surface area (Å²) in [6, 6.07) is 5.51. The molecular formula is C9H9BrCl2. The van der Waals surface area contributed by atoms with Gasteiger partial charge in [-0.05, 0) is 30.2 Å². The lowest BCUT2D eigenvalue weighted by molar-refractivity contribution is 0.911. The Labute approximate surface area is 91.0 Å². The van der Waals surface area contributed by atoms with E-state index in [1.54, 1.807) is 6.07 Å². The van der Waals surface area contributed by atoms with Gasteiger partial charge in [-0.2, -0.15) is 0 Å². The van der Waals surface area contributed by atoms with Gasteiger partial charge in [-0.1, -0.05) is 46.1 Å². The first-order valence-corrected chi connectivity index (χ1v) is 5.41. The van der Waals surface area contributed by atoms with E-state index in [1.807, 2.05) is 12.1 Å². The van der Waals surface area contributed by atoms with Crippen molar-refractivity contribution < 1.29 is 0 Å². The molecule has 0 radical (unpaired) electrons. The van der Waals surface area contributed by atoms with E-state index < -0.39 is 0 Å². The monoisotopic (exact) mass is 266 g/mol. The molecule has 1 atom stereocenters. The number of rotatable bonds is 2. The smallest absolute Gasteiger partial charge is 0.0450 e. The molecule has 0 bridgehead atoms. The molecule has 0 aliphatic carbocycles. The van der Waals surface area contributed by atoms with E-state index in [-0.39, 0.29) is 0 Å². The molecule has 1 aromatic carbocycles. The summed E-state index contributed by atoms with van der Waals surface area (Å²) in [5.41, 5.74) is 1.06. The molecule has 0 nitrogen and oxygen atoms in total. The number of hydrogen-bond donors (Lipinski definition) is 0. The molecule has 1 rings (SSSR count). The largest absolute Gasteiger partial charge is 0.0843 e. The first kappa shape index (κ1) is 10.4. The number of alkyl halides is 1.